The molecule has 0 aliphatic carbocycles. The zero-order valence-electron chi connectivity index (χ0n) is 36.7. The molecule has 0 aromatic heterocycles. The van der Waals surface area contributed by atoms with Crippen LogP contribution in [0.4, 0.5) is 0 Å². The quantitative estimate of drug-likeness (QED) is 0.146. The Morgan fingerprint density at radius 3 is 0.328 bits per heavy atom. The van der Waals surface area contributed by atoms with E-state index in [1.54, 1.807) is 0 Å². The Kier molecular flexibility index (Phi) is 55.4. The molecule has 0 aromatic carbocycles. The largest absolute Gasteiger partial charge is 4.00 e. The second kappa shape index (κ2) is 42.3. The van der Waals surface area contributed by atoms with E-state index in [1.807, 2.05) is 0 Å². The minimum absolute atomic E-state index is 0. The van der Waals surface area contributed by atoms with Crippen molar-refractivity contribution in [1.29, 1.82) is 0 Å². The van der Waals surface area contributed by atoms with Gasteiger partial charge >= 0.3 is 47.9 Å². The molecule has 14 nitrogen and oxygen atoms in total. The van der Waals surface area contributed by atoms with Crippen LogP contribution < -0.4 is 35.7 Å². The Morgan fingerprint density at radius 2 is 0.328 bits per heavy atom. The number of carbonyl (C=O) groups excluding carboxylic acids is 7. The molecule has 2 radical (unpaired) electrons. The summed E-state index contributed by atoms with van der Waals surface area (Å²) < 4.78 is 0. The van der Waals surface area contributed by atoms with Crippen LogP contribution in [-0.2, 0) is 55.3 Å². The molecule has 58 heavy (non-hydrogen) atoms. The standard InChI is InChI=1S/7C6H9O2.Bi.Ti/c7*1-4(2)6(8)5(3)7;;/h7*5H,1H2,2-3H3;;/q7*-1;+3;+4. The van der Waals surface area contributed by atoms with Crippen molar-refractivity contribution in [1.82, 2.24) is 0 Å². The van der Waals surface area contributed by atoms with Crippen LogP contribution in [0.2, 0.25) is 0 Å². The van der Waals surface area contributed by atoms with Gasteiger partial charge in [-0.05, 0) is 87.5 Å². The zero-order valence-corrected chi connectivity index (χ0v) is 41.7. The maximum atomic E-state index is 10.4. The van der Waals surface area contributed by atoms with Crippen LogP contribution in [0.5, 0.6) is 0 Å². The molecule has 0 spiro atoms. The number of hydrogen-bond donors (Lipinski definition) is 0. The Bertz CT molecular complexity index is 1110. The van der Waals surface area contributed by atoms with Crippen LogP contribution in [-0.4, -0.2) is 109 Å². The Morgan fingerprint density at radius 1 is 0.276 bits per heavy atom. The summed E-state index contributed by atoms with van der Waals surface area (Å²) in [5, 5.41) is 71.8. The molecule has 0 saturated carbocycles. The summed E-state index contributed by atoms with van der Waals surface area (Å²) in [7, 11) is 0. The average molecular weight is 1050 g/mol. The first-order chi connectivity index (χ1) is 24.9. The minimum atomic E-state index is -1.15. The molecular weight excluding hydrogens is 985 g/mol. The third kappa shape index (κ3) is 51.2. The Labute approximate surface area is 380 Å². The molecule has 16 heteroatoms. The molecule has 0 fully saturated rings. The van der Waals surface area contributed by atoms with Gasteiger partial charge in [-0.3, -0.25) is 33.6 Å². The number of Topliss-reactive ketones (excluding diaryl/α,β-unsaturated/α-hetero) is 7. The topological polar surface area (TPSA) is 281 Å². The van der Waals surface area contributed by atoms with Gasteiger partial charge in [0.1, 0.15) is 40.5 Å². The number of hydrogen-bond acceptors (Lipinski definition) is 14. The van der Waals surface area contributed by atoms with Crippen LogP contribution in [0.15, 0.2) is 85.1 Å². The van der Waals surface area contributed by atoms with Crippen molar-refractivity contribution < 1.29 is 91.0 Å². The fourth-order valence-electron chi connectivity index (χ4n) is 2.43. The molecule has 7 unspecified atom stereocenters. The molecule has 0 rings (SSSR count). The molecule has 0 aromatic rings. The molecule has 0 amide bonds. The summed E-state index contributed by atoms with van der Waals surface area (Å²) in [6.45, 7) is 43.3. The van der Waals surface area contributed by atoms with E-state index >= 15 is 0 Å². The van der Waals surface area contributed by atoms with Gasteiger partial charge in [-0.1, -0.05) is 137 Å². The molecule has 0 bridgehead atoms. The fourth-order valence-corrected chi connectivity index (χ4v) is 2.43. The van der Waals surface area contributed by atoms with Gasteiger partial charge in [0.05, 0.1) is 0 Å². The Hall–Kier alpha value is -2.81. The van der Waals surface area contributed by atoms with Gasteiger partial charge in [-0.15, -0.1) is 0 Å². The predicted molar refractivity (Wildman–Crippen MR) is 211 cm³/mol. The zero-order chi connectivity index (χ0) is 47.1. The monoisotopic (exact) mass is 1050 g/mol. The summed E-state index contributed by atoms with van der Waals surface area (Å²) in [6, 6.07) is 0. The molecular formula is C42H63BiO14Ti. The molecule has 0 aliphatic heterocycles. The third-order valence-corrected chi connectivity index (χ3v) is 5.53. The molecule has 0 heterocycles. The van der Waals surface area contributed by atoms with Gasteiger partial charge in [0.25, 0.3) is 0 Å². The van der Waals surface area contributed by atoms with Crippen molar-refractivity contribution in [3.05, 3.63) is 85.1 Å². The van der Waals surface area contributed by atoms with Crippen LogP contribution >= 0.6 is 0 Å². The summed E-state index contributed by atoms with van der Waals surface area (Å²) >= 11 is 0. The SMILES string of the molecule is C=C(C)C(=O)C(C)[O-].C=C(C)C(=O)C(C)[O-].C=C(C)C(=O)C(C)[O-].C=C(C)C(=O)C(C)[O-].C=C(C)C(=O)C(C)[O-].C=C(C)C(=O)C(C)[O-].C=C(C)C(=O)C(C)[O-].[Bi+3].[Ti+4]. The maximum Gasteiger partial charge on any atom is 4.00 e. The number of carbonyl (C=O) groups is 7. The number of ketones is 7. The van der Waals surface area contributed by atoms with E-state index in [1.165, 1.54) is 96.9 Å². The fraction of sp³-hybridized carbons (Fsp3) is 0.500. The predicted octanol–water partition coefficient (Wildman–Crippen LogP) is -1.22. The van der Waals surface area contributed by atoms with E-state index in [-0.39, 0.29) is 47.9 Å². The minimum Gasteiger partial charge on any atom is -0.846 e. The first-order valence-corrected chi connectivity index (χ1v) is 16.9. The van der Waals surface area contributed by atoms with Crippen molar-refractivity contribution in [2.45, 2.75) is 140 Å². The normalized spacial score (nSPS) is 12.4. The van der Waals surface area contributed by atoms with Crippen molar-refractivity contribution in [2.75, 3.05) is 0 Å². The maximum absolute atomic E-state index is 10.4. The van der Waals surface area contributed by atoms with Gasteiger partial charge in [-0.25, -0.2) is 0 Å². The number of rotatable bonds is 14. The summed E-state index contributed by atoms with van der Waals surface area (Å²) in [5.74, 6) is -2.79. The van der Waals surface area contributed by atoms with Crippen LogP contribution in [0.25, 0.3) is 0 Å². The second-order valence-electron chi connectivity index (χ2n) is 12.5. The first-order valence-electron chi connectivity index (χ1n) is 16.9. The van der Waals surface area contributed by atoms with Gasteiger partial charge in [0.15, 0.2) is 0 Å². The summed E-state index contributed by atoms with van der Waals surface area (Å²) in [4.78, 5) is 73.0. The second-order valence-corrected chi connectivity index (χ2v) is 12.5. The van der Waals surface area contributed by atoms with Gasteiger partial charge in [0, 0.05) is 0 Å². The van der Waals surface area contributed by atoms with Gasteiger partial charge in [-0.2, -0.15) is 0 Å². The van der Waals surface area contributed by atoms with E-state index in [2.05, 4.69) is 46.1 Å². The van der Waals surface area contributed by atoms with Crippen LogP contribution in [0.3, 0.4) is 0 Å². The van der Waals surface area contributed by atoms with Crippen LogP contribution in [0, 0.1) is 0 Å². The van der Waals surface area contributed by atoms with E-state index in [9.17, 15) is 69.3 Å². The molecule has 0 N–H and O–H groups in total. The van der Waals surface area contributed by atoms with Crippen molar-refractivity contribution >= 4 is 66.7 Å². The van der Waals surface area contributed by atoms with Crippen molar-refractivity contribution in [3.8, 4) is 0 Å². The van der Waals surface area contributed by atoms with Crippen molar-refractivity contribution in [3.63, 3.8) is 0 Å². The summed E-state index contributed by atoms with van der Waals surface area (Å²) in [6.07, 6.45) is -8.02. The smallest absolute Gasteiger partial charge is 0.846 e. The Balaban J connectivity index is -0.0000000686. The van der Waals surface area contributed by atoms with Crippen LogP contribution in [0.1, 0.15) is 96.9 Å². The molecule has 0 saturated heterocycles. The molecule has 7 atom stereocenters. The third-order valence-electron chi connectivity index (χ3n) is 5.53. The first kappa shape index (κ1) is 76.0. The average Bonchev–Trinajstić information content (AvgIpc) is 3.06. The van der Waals surface area contributed by atoms with Crippen molar-refractivity contribution in [2.24, 2.45) is 0 Å². The van der Waals surface area contributed by atoms with E-state index in [0.717, 1.165) is 0 Å². The van der Waals surface area contributed by atoms with E-state index in [0.29, 0.717) is 39.0 Å². The molecule has 0 aliphatic rings. The van der Waals surface area contributed by atoms with E-state index < -0.39 is 83.2 Å². The van der Waals surface area contributed by atoms with E-state index in [4.69, 9.17) is 0 Å². The summed E-state index contributed by atoms with van der Waals surface area (Å²) in [5.41, 5.74) is 2.38. The molecule has 324 valence electrons. The van der Waals surface area contributed by atoms with Gasteiger partial charge in [0.2, 0.25) is 0 Å². The van der Waals surface area contributed by atoms with Gasteiger partial charge < -0.3 is 35.7 Å².